The number of benzene rings is 2. The summed E-state index contributed by atoms with van der Waals surface area (Å²) in [5.41, 5.74) is 0.0284. The van der Waals surface area contributed by atoms with Crippen molar-refractivity contribution in [3.05, 3.63) is 58.9 Å². The first-order chi connectivity index (χ1) is 14.5. The van der Waals surface area contributed by atoms with E-state index in [1.165, 1.54) is 4.57 Å². The summed E-state index contributed by atoms with van der Waals surface area (Å²) in [6, 6.07) is 11.7. The van der Waals surface area contributed by atoms with Crippen molar-refractivity contribution in [1.29, 1.82) is 0 Å². The third-order valence-electron chi connectivity index (χ3n) is 4.06. The standard InChI is InChI=1S/C21H20F2N2O3S2/c1-2-28-19(27)13-25-20-16(23)11-14(22)12-17(20)30-21(25)24-18(26)9-6-10-29-15-7-4-3-5-8-15/h3-5,7-8,11-12H,2,6,9-10,13H2,1H3. The van der Waals surface area contributed by atoms with Crippen LogP contribution in [0, 0.1) is 11.6 Å². The molecule has 0 bridgehead atoms. The molecule has 0 saturated heterocycles. The first kappa shape index (κ1) is 22.2. The normalized spacial score (nSPS) is 11.8. The summed E-state index contributed by atoms with van der Waals surface area (Å²) in [6.45, 7) is 1.52. The third-order valence-corrected chi connectivity index (χ3v) is 6.18. The van der Waals surface area contributed by atoms with E-state index in [0.717, 1.165) is 34.1 Å². The van der Waals surface area contributed by atoms with Gasteiger partial charge in [0.15, 0.2) is 10.6 Å². The average molecular weight is 451 g/mol. The molecule has 0 saturated carbocycles. The fraction of sp³-hybridized carbons (Fsp3) is 0.286. The van der Waals surface area contributed by atoms with Crippen LogP contribution in [0.25, 0.3) is 10.2 Å². The lowest BCUT2D eigenvalue weighted by Gasteiger charge is -2.06. The first-order valence-corrected chi connectivity index (χ1v) is 11.2. The molecule has 0 unspecified atom stereocenters. The van der Waals surface area contributed by atoms with E-state index in [2.05, 4.69) is 4.99 Å². The number of amides is 1. The maximum absolute atomic E-state index is 14.4. The number of thiazole rings is 1. The van der Waals surface area contributed by atoms with Gasteiger partial charge in [-0.25, -0.2) is 8.78 Å². The van der Waals surface area contributed by atoms with Crippen molar-refractivity contribution in [2.24, 2.45) is 4.99 Å². The molecular weight excluding hydrogens is 430 g/mol. The number of hydrogen-bond donors (Lipinski definition) is 0. The van der Waals surface area contributed by atoms with Crippen molar-refractivity contribution in [1.82, 2.24) is 4.57 Å². The van der Waals surface area contributed by atoms with Crippen LogP contribution in [0.15, 0.2) is 52.4 Å². The molecular formula is C21H20F2N2O3S2. The molecule has 158 valence electrons. The first-order valence-electron chi connectivity index (χ1n) is 9.37. The van der Waals surface area contributed by atoms with Crippen molar-refractivity contribution >= 4 is 45.2 Å². The molecule has 0 fully saturated rings. The van der Waals surface area contributed by atoms with E-state index >= 15 is 0 Å². The molecule has 0 N–H and O–H groups in total. The third kappa shape index (κ3) is 5.76. The minimum absolute atomic E-state index is 0.0284. The Kier molecular flexibility index (Phi) is 7.75. The van der Waals surface area contributed by atoms with Crippen LogP contribution in [-0.2, 0) is 20.9 Å². The molecule has 0 spiro atoms. The summed E-state index contributed by atoms with van der Waals surface area (Å²) in [6.07, 6.45) is 0.831. The quantitative estimate of drug-likeness (QED) is 0.287. The summed E-state index contributed by atoms with van der Waals surface area (Å²) in [5.74, 6) is -1.78. The molecule has 30 heavy (non-hydrogen) atoms. The highest BCUT2D eigenvalue weighted by molar-refractivity contribution is 7.99. The van der Waals surface area contributed by atoms with Crippen LogP contribution in [0.2, 0.25) is 0 Å². The van der Waals surface area contributed by atoms with E-state index in [9.17, 15) is 18.4 Å². The van der Waals surface area contributed by atoms with Crippen LogP contribution in [0.4, 0.5) is 8.78 Å². The second kappa shape index (κ2) is 10.5. The molecule has 0 aliphatic rings. The van der Waals surface area contributed by atoms with Gasteiger partial charge >= 0.3 is 5.97 Å². The Morgan fingerprint density at radius 3 is 2.70 bits per heavy atom. The zero-order chi connectivity index (χ0) is 21.5. The van der Waals surface area contributed by atoms with Gasteiger partial charge in [-0.1, -0.05) is 29.5 Å². The number of aromatic nitrogens is 1. The summed E-state index contributed by atoms with van der Waals surface area (Å²) in [7, 11) is 0. The summed E-state index contributed by atoms with van der Waals surface area (Å²) in [5, 5.41) is 0. The van der Waals surface area contributed by atoms with Crippen molar-refractivity contribution in [3.63, 3.8) is 0 Å². The zero-order valence-electron chi connectivity index (χ0n) is 16.3. The van der Waals surface area contributed by atoms with E-state index < -0.39 is 17.6 Å². The number of thioether (sulfide) groups is 1. The van der Waals surface area contributed by atoms with Gasteiger partial charge in [0.25, 0.3) is 0 Å². The summed E-state index contributed by atoms with van der Waals surface area (Å²) < 4.78 is 34.4. The van der Waals surface area contributed by atoms with Gasteiger partial charge in [0.05, 0.1) is 16.8 Å². The van der Waals surface area contributed by atoms with Gasteiger partial charge in [-0.15, -0.1) is 11.8 Å². The molecule has 0 radical (unpaired) electrons. The lowest BCUT2D eigenvalue weighted by molar-refractivity contribution is -0.143. The Labute approximate surface area is 180 Å². The minimum Gasteiger partial charge on any atom is -0.465 e. The molecule has 5 nitrogen and oxygen atoms in total. The zero-order valence-corrected chi connectivity index (χ0v) is 17.9. The highest BCUT2D eigenvalue weighted by atomic mass is 32.2. The number of halogens is 2. The molecule has 0 aliphatic heterocycles. The molecule has 9 heteroatoms. The van der Waals surface area contributed by atoms with Crippen LogP contribution >= 0.6 is 23.1 Å². The fourth-order valence-corrected chi connectivity index (χ4v) is 4.75. The molecule has 1 aromatic heterocycles. The summed E-state index contributed by atoms with van der Waals surface area (Å²) in [4.78, 5) is 29.6. The van der Waals surface area contributed by atoms with Crippen LogP contribution in [-0.4, -0.2) is 28.8 Å². The van der Waals surface area contributed by atoms with Crippen LogP contribution in [0.1, 0.15) is 19.8 Å². The Bertz CT molecular complexity index is 1110. The van der Waals surface area contributed by atoms with E-state index in [1.54, 1.807) is 18.7 Å². The number of esters is 1. The van der Waals surface area contributed by atoms with Gasteiger partial charge in [-0.2, -0.15) is 4.99 Å². The Morgan fingerprint density at radius 1 is 1.20 bits per heavy atom. The van der Waals surface area contributed by atoms with Gasteiger partial charge in [0.1, 0.15) is 12.4 Å². The lowest BCUT2D eigenvalue weighted by atomic mass is 10.3. The molecule has 3 aromatic rings. The fourth-order valence-electron chi connectivity index (χ4n) is 2.79. The van der Waals surface area contributed by atoms with Crippen molar-refractivity contribution in [2.75, 3.05) is 12.4 Å². The van der Waals surface area contributed by atoms with Crippen LogP contribution in [0.5, 0.6) is 0 Å². The van der Waals surface area contributed by atoms with Gasteiger partial charge < -0.3 is 9.30 Å². The van der Waals surface area contributed by atoms with E-state index in [4.69, 9.17) is 4.74 Å². The monoisotopic (exact) mass is 450 g/mol. The highest BCUT2D eigenvalue weighted by Gasteiger charge is 2.16. The topological polar surface area (TPSA) is 60.7 Å². The average Bonchev–Trinajstić information content (AvgIpc) is 3.03. The number of fused-ring (bicyclic) bond motifs is 1. The van der Waals surface area contributed by atoms with E-state index in [-0.39, 0.29) is 40.5 Å². The second-order valence-electron chi connectivity index (χ2n) is 6.28. The number of nitrogens with zero attached hydrogens (tertiary/aromatic N) is 2. The number of carbonyl (C=O) groups is 2. The van der Waals surface area contributed by atoms with Crippen LogP contribution in [0.3, 0.4) is 0 Å². The van der Waals surface area contributed by atoms with E-state index in [0.29, 0.717) is 6.42 Å². The number of ether oxygens (including phenoxy) is 1. The molecule has 0 aliphatic carbocycles. The van der Waals surface area contributed by atoms with Gasteiger partial charge in [0, 0.05) is 17.4 Å². The van der Waals surface area contributed by atoms with Gasteiger partial charge in [0.2, 0.25) is 5.91 Å². The predicted molar refractivity (Wildman–Crippen MR) is 113 cm³/mol. The van der Waals surface area contributed by atoms with Crippen molar-refractivity contribution in [3.8, 4) is 0 Å². The summed E-state index contributed by atoms with van der Waals surface area (Å²) >= 11 is 2.60. The number of carbonyl (C=O) groups excluding carboxylic acids is 2. The number of hydrogen-bond acceptors (Lipinski definition) is 5. The molecule has 3 rings (SSSR count). The molecule has 2 aromatic carbocycles. The van der Waals surface area contributed by atoms with Crippen molar-refractivity contribution in [2.45, 2.75) is 31.2 Å². The minimum atomic E-state index is -0.821. The SMILES string of the molecule is CCOC(=O)Cn1c(=NC(=O)CCCSc2ccccc2)sc2cc(F)cc(F)c21. The maximum Gasteiger partial charge on any atom is 0.326 e. The Balaban J connectivity index is 1.78. The smallest absolute Gasteiger partial charge is 0.326 e. The maximum atomic E-state index is 14.4. The molecule has 1 amide bonds. The van der Waals surface area contributed by atoms with Crippen LogP contribution < -0.4 is 4.80 Å². The predicted octanol–water partition coefficient (Wildman–Crippen LogP) is 4.54. The lowest BCUT2D eigenvalue weighted by Crippen LogP contribution is -2.23. The van der Waals surface area contributed by atoms with Gasteiger partial charge in [-0.3, -0.25) is 9.59 Å². The largest absolute Gasteiger partial charge is 0.465 e. The van der Waals surface area contributed by atoms with Crippen molar-refractivity contribution < 1.29 is 23.1 Å². The Hall–Kier alpha value is -2.52. The molecule has 0 atom stereocenters. The van der Waals surface area contributed by atoms with Gasteiger partial charge in [-0.05, 0) is 37.3 Å². The Morgan fingerprint density at radius 2 is 1.97 bits per heavy atom. The second-order valence-corrected chi connectivity index (χ2v) is 8.46. The van der Waals surface area contributed by atoms with E-state index in [1.807, 2.05) is 30.3 Å². The molecule has 1 heterocycles. The highest BCUT2D eigenvalue weighted by Crippen LogP contribution is 2.23. The number of rotatable bonds is 8.